The van der Waals surface area contributed by atoms with E-state index >= 15 is 0 Å². The van der Waals surface area contributed by atoms with Gasteiger partial charge in [0.2, 0.25) is 5.91 Å². The molecule has 0 saturated carbocycles. The Morgan fingerprint density at radius 1 is 1.17 bits per heavy atom. The fourth-order valence-electron chi connectivity index (χ4n) is 4.16. The molecule has 1 amide bonds. The van der Waals surface area contributed by atoms with E-state index in [2.05, 4.69) is 14.5 Å². The molecule has 4 rings (SSSR count). The van der Waals surface area contributed by atoms with Crippen LogP contribution < -0.4 is 4.90 Å². The summed E-state index contributed by atoms with van der Waals surface area (Å²) in [5, 5.41) is 0. The third-order valence-electron chi connectivity index (χ3n) is 5.52. The van der Waals surface area contributed by atoms with Gasteiger partial charge in [-0.1, -0.05) is 18.2 Å². The Kier molecular flexibility index (Phi) is 3.88. The van der Waals surface area contributed by atoms with Gasteiger partial charge in [0, 0.05) is 38.2 Å². The topological polar surface area (TPSA) is 41.4 Å². The van der Waals surface area contributed by atoms with Gasteiger partial charge >= 0.3 is 0 Å². The zero-order chi connectivity index (χ0) is 16.6. The molecule has 2 aliphatic rings. The number of piperidine rings is 1. The summed E-state index contributed by atoms with van der Waals surface area (Å²) < 4.78 is 2.06. The SMILES string of the molecule is Cn1ccnc1CN1CCC[C@@]2(CCN(c3ccccc3)C2=O)C1. The van der Waals surface area contributed by atoms with Crippen LogP contribution in [0.4, 0.5) is 5.69 Å². The first kappa shape index (κ1) is 15.4. The molecule has 0 aliphatic carbocycles. The van der Waals surface area contributed by atoms with Crippen molar-refractivity contribution < 1.29 is 4.79 Å². The summed E-state index contributed by atoms with van der Waals surface area (Å²) in [7, 11) is 2.03. The largest absolute Gasteiger partial charge is 0.337 e. The van der Waals surface area contributed by atoms with Crippen molar-refractivity contribution in [3.63, 3.8) is 0 Å². The summed E-state index contributed by atoms with van der Waals surface area (Å²) in [5.74, 6) is 1.37. The molecule has 0 radical (unpaired) electrons. The van der Waals surface area contributed by atoms with Gasteiger partial charge in [0.15, 0.2) is 0 Å². The summed E-state index contributed by atoms with van der Waals surface area (Å²) in [6.07, 6.45) is 6.86. The normalized spacial score (nSPS) is 24.9. The summed E-state index contributed by atoms with van der Waals surface area (Å²) in [6, 6.07) is 10.1. The van der Waals surface area contributed by atoms with E-state index in [0.29, 0.717) is 5.91 Å². The van der Waals surface area contributed by atoms with Crippen LogP contribution in [0, 0.1) is 5.41 Å². The first-order chi connectivity index (χ1) is 11.7. The second kappa shape index (κ2) is 6.06. The Labute approximate surface area is 142 Å². The molecule has 1 aromatic heterocycles. The molecular formula is C19H24N4O. The number of nitrogens with zero attached hydrogens (tertiary/aromatic N) is 4. The molecule has 126 valence electrons. The van der Waals surface area contributed by atoms with Gasteiger partial charge in [-0.15, -0.1) is 0 Å². The number of hydrogen-bond donors (Lipinski definition) is 0. The standard InChI is InChI=1S/C19H24N4O/c1-21-13-10-20-17(21)14-22-11-5-8-19(15-22)9-12-23(18(19)24)16-6-3-2-4-7-16/h2-4,6-7,10,13H,5,8-9,11-12,14-15H2,1H3/t19-/m1/s1. The number of amides is 1. The van der Waals surface area contributed by atoms with Gasteiger partial charge in [0.25, 0.3) is 0 Å². The van der Waals surface area contributed by atoms with Crippen LogP contribution in [0.1, 0.15) is 25.1 Å². The van der Waals surface area contributed by atoms with E-state index in [0.717, 1.165) is 57.0 Å². The highest BCUT2D eigenvalue weighted by Gasteiger charge is 2.49. The van der Waals surface area contributed by atoms with Crippen molar-refractivity contribution in [1.82, 2.24) is 14.5 Å². The maximum Gasteiger partial charge on any atom is 0.234 e. The first-order valence-corrected chi connectivity index (χ1v) is 8.74. The fourth-order valence-corrected chi connectivity index (χ4v) is 4.16. The minimum atomic E-state index is -0.209. The molecule has 0 bridgehead atoms. The maximum atomic E-state index is 13.2. The van der Waals surface area contributed by atoms with E-state index in [4.69, 9.17) is 0 Å². The Balaban J connectivity index is 1.51. The molecule has 0 unspecified atom stereocenters. The first-order valence-electron chi connectivity index (χ1n) is 8.74. The van der Waals surface area contributed by atoms with Gasteiger partial charge < -0.3 is 9.47 Å². The van der Waals surface area contributed by atoms with Crippen molar-refractivity contribution in [3.8, 4) is 0 Å². The third-order valence-corrected chi connectivity index (χ3v) is 5.52. The number of likely N-dealkylation sites (tertiary alicyclic amines) is 1. The molecule has 2 saturated heterocycles. The minimum absolute atomic E-state index is 0.209. The smallest absolute Gasteiger partial charge is 0.234 e. The number of aromatic nitrogens is 2. The number of aryl methyl sites for hydroxylation is 1. The van der Waals surface area contributed by atoms with Crippen molar-refractivity contribution in [2.45, 2.75) is 25.8 Å². The second-order valence-corrected chi connectivity index (χ2v) is 7.09. The molecule has 1 atom stereocenters. The highest BCUT2D eigenvalue weighted by molar-refractivity contribution is 6.00. The Morgan fingerprint density at radius 3 is 2.75 bits per heavy atom. The fraction of sp³-hybridized carbons (Fsp3) is 0.474. The molecule has 0 N–H and O–H groups in total. The molecule has 1 aromatic carbocycles. The Morgan fingerprint density at radius 2 is 2.00 bits per heavy atom. The Hall–Kier alpha value is -2.14. The van der Waals surface area contributed by atoms with E-state index in [1.807, 2.05) is 54.7 Å². The van der Waals surface area contributed by atoms with Crippen LogP contribution in [0.3, 0.4) is 0 Å². The van der Waals surface area contributed by atoms with Crippen LogP contribution in [-0.4, -0.2) is 40.0 Å². The maximum absolute atomic E-state index is 13.2. The predicted molar refractivity (Wildman–Crippen MR) is 93.6 cm³/mol. The van der Waals surface area contributed by atoms with Gasteiger partial charge in [-0.3, -0.25) is 9.69 Å². The van der Waals surface area contributed by atoms with Crippen molar-refractivity contribution in [1.29, 1.82) is 0 Å². The highest BCUT2D eigenvalue weighted by atomic mass is 16.2. The number of carbonyl (C=O) groups excluding carboxylic acids is 1. The van der Waals surface area contributed by atoms with Crippen LogP contribution in [0.2, 0.25) is 0 Å². The van der Waals surface area contributed by atoms with E-state index in [1.165, 1.54) is 0 Å². The number of carbonyl (C=O) groups is 1. The van der Waals surface area contributed by atoms with Crippen LogP contribution in [-0.2, 0) is 18.4 Å². The molecule has 2 aromatic rings. The summed E-state index contributed by atoms with van der Waals surface area (Å²) >= 11 is 0. The van der Waals surface area contributed by atoms with E-state index < -0.39 is 0 Å². The second-order valence-electron chi connectivity index (χ2n) is 7.09. The van der Waals surface area contributed by atoms with Crippen molar-refractivity contribution in [2.75, 3.05) is 24.5 Å². The lowest BCUT2D eigenvalue weighted by Crippen LogP contribution is -2.47. The van der Waals surface area contributed by atoms with Gasteiger partial charge in [-0.05, 0) is 37.9 Å². The number of anilines is 1. The molecule has 3 heterocycles. The van der Waals surface area contributed by atoms with Gasteiger partial charge in [-0.2, -0.15) is 0 Å². The minimum Gasteiger partial charge on any atom is -0.337 e. The number of para-hydroxylation sites is 1. The molecular weight excluding hydrogens is 300 g/mol. The van der Waals surface area contributed by atoms with Gasteiger partial charge in [0.1, 0.15) is 5.82 Å². The monoisotopic (exact) mass is 324 g/mol. The number of benzene rings is 1. The average Bonchev–Trinajstić information content (AvgIpc) is 3.14. The number of hydrogen-bond acceptors (Lipinski definition) is 3. The molecule has 5 nitrogen and oxygen atoms in total. The summed E-state index contributed by atoms with van der Waals surface area (Å²) in [4.78, 5) is 22.0. The Bertz CT molecular complexity index is 726. The zero-order valence-electron chi connectivity index (χ0n) is 14.2. The molecule has 24 heavy (non-hydrogen) atoms. The van der Waals surface area contributed by atoms with Gasteiger partial charge in [-0.25, -0.2) is 4.98 Å². The van der Waals surface area contributed by atoms with Crippen molar-refractivity contribution in [3.05, 3.63) is 48.5 Å². The van der Waals surface area contributed by atoms with Crippen molar-refractivity contribution in [2.24, 2.45) is 12.5 Å². The van der Waals surface area contributed by atoms with E-state index in [9.17, 15) is 4.79 Å². The average molecular weight is 324 g/mol. The number of imidazole rings is 1. The molecule has 1 spiro atoms. The summed E-state index contributed by atoms with van der Waals surface area (Å²) in [6.45, 7) is 3.55. The lowest BCUT2D eigenvalue weighted by atomic mass is 9.78. The molecule has 5 heteroatoms. The lowest BCUT2D eigenvalue weighted by molar-refractivity contribution is -0.128. The molecule has 2 aliphatic heterocycles. The van der Waals surface area contributed by atoms with Crippen LogP contribution >= 0.6 is 0 Å². The van der Waals surface area contributed by atoms with E-state index in [1.54, 1.807) is 0 Å². The summed E-state index contributed by atoms with van der Waals surface area (Å²) in [5.41, 5.74) is 0.819. The zero-order valence-corrected chi connectivity index (χ0v) is 14.2. The highest BCUT2D eigenvalue weighted by Crippen LogP contribution is 2.42. The molecule has 2 fully saturated rings. The third kappa shape index (κ3) is 2.63. The van der Waals surface area contributed by atoms with Crippen LogP contribution in [0.5, 0.6) is 0 Å². The quantitative estimate of drug-likeness (QED) is 0.871. The lowest BCUT2D eigenvalue weighted by Gasteiger charge is -2.38. The number of rotatable bonds is 3. The van der Waals surface area contributed by atoms with Crippen LogP contribution in [0.25, 0.3) is 0 Å². The predicted octanol–water partition coefficient (Wildman–Crippen LogP) is 2.44. The van der Waals surface area contributed by atoms with Gasteiger partial charge in [0.05, 0.1) is 12.0 Å². The van der Waals surface area contributed by atoms with Crippen molar-refractivity contribution >= 4 is 11.6 Å². The van der Waals surface area contributed by atoms with Crippen LogP contribution in [0.15, 0.2) is 42.7 Å². The van der Waals surface area contributed by atoms with E-state index in [-0.39, 0.29) is 5.41 Å².